The van der Waals surface area contributed by atoms with Crippen LogP contribution in [0.15, 0.2) is 6.20 Å². The fourth-order valence-electron chi connectivity index (χ4n) is 1.69. The van der Waals surface area contributed by atoms with Crippen LogP contribution in [0, 0.1) is 16.0 Å². The minimum atomic E-state index is -1.38. The lowest BCUT2D eigenvalue weighted by Gasteiger charge is -2.08. The number of rotatable bonds is 6. The molecule has 1 aromatic rings. The lowest BCUT2D eigenvalue weighted by atomic mass is 10.1. The van der Waals surface area contributed by atoms with E-state index in [1.165, 1.54) is 10.9 Å². The first-order chi connectivity index (χ1) is 7.95. The summed E-state index contributed by atoms with van der Waals surface area (Å²) in [6.07, 6.45) is 3.15. The molecule has 1 heterocycles. The molecule has 1 aromatic heterocycles. The van der Waals surface area contributed by atoms with Crippen LogP contribution in [0.25, 0.3) is 0 Å². The normalized spacial score (nSPS) is 12.4. The molecule has 0 aliphatic carbocycles. The summed E-state index contributed by atoms with van der Waals surface area (Å²) in [5.74, 6) is -1.07. The van der Waals surface area contributed by atoms with Gasteiger partial charge < -0.3 is 5.11 Å². The van der Waals surface area contributed by atoms with Crippen LogP contribution in [0.4, 0.5) is 5.69 Å². The highest BCUT2D eigenvalue weighted by Crippen LogP contribution is 2.18. The number of hydrogen-bond acceptors (Lipinski definition) is 4. The van der Waals surface area contributed by atoms with Gasteiger partial charge in [0.2, 0.25) is 5.69 Å². The molecule has 1 atom stereocenters. The van der Waals surface area contributed by atoms with Crippen LogP contribution in [-0.4, -0.2) is 25.8 Å². The highest BCUT2D eigenvalue weighted by Gasteiger charge is 2.25. The smallest absolute Gasteiger partial charge is 0.363 e. The molecule has 0 saturated heterocycles. The summed E-state index contributed by atoms with van der Waals surface area (Å²) < 4.78 is 1.34. The Bertz CT molecular complexity index is 396. The lowest BCUT2D eigenvalue weighted by molar-refractivity contribution is -0.385. The molecule has 0 bridgehead atoms. The van der Waals surface area contributed by atoms with Crippen molar-refractivity contribution in [1.82, 2.24) is 9.78 Å². The highest BCUT2D eigenvalue weighted by atomic mass is 16.6. The highest BCUT2D eigenvalue weighted by molar-refractivity contribution is 5.89. The lowest BCUT2D eigenvalue weighted by Crippen LogP contribution is -2.09. The van der Waals surface area contributed by atoms with Gasteiger partial charge in [-0.25, -0.2) is 4.79 Å². The molecule has 0 radical (unpaired) electrons. The van der Waals surface area contributed by atoms with E-state index in [0.29, 0.717) is 12.5 Å². The van der Waals surface area contributed by atoms with Crippen molar-refractivity contribution in [2.45, 2.75) is 33.2 Å². The summed E-state index contributed by atoms with van der Waals surface area (Å²) in [6.45, 7) is 4.53. The van der Waals surface area contributed by atoms with E-state index in [1.807, 2.05) is 13.8 Å². The Morgan fingerprint density at radius 3 is 2.76 bits per heavy atom. The molecule has 0 aromatic carbocycles. The molecule has 0 fully saturated rings. The number of aromatic nitrogens is 2. The number of aromatic carboxylic acids is 1. The van der Waals surface area contributed by atoms with Gasteiger partial charge in [0, 0.05) is 6.54 Å². The summed E-state index contributed by atoms with van der Waals surface area (Å²) in [6, 6.07) is 0. The minimum absolute atomic E-state index is 0.307. The van der Waals surface area contributed by atoms with Crippen molar-refractivity contribution in [3.63, 3.8) is 0 Å². The molecular weight excluding hydrogens is 226 g/mol. The van der Waals surface area contributed by atoms with Gasteiger partial charge in [-0.05, 0) is 12.3 Å². The molecule has 94 valence electrons. The summed E-state index contributed by atoms with van der Waals surface area (Å²) in [4.78, 5) is 20.7. The van der Waals surface area contributed by atoms with Crippen molar-refractivity contribution in [2.24, 2.45) is 5.92 Å². The summed E-state index contributed by atoms with van der Waals surface area (Å²) in [7, 11) is 0. The first kappa shape index (κ1) is 13.1. The zero-order valence-corrected chi connectivity index (χ0v) is 9.79. The van der Waals surface area contributed by atoms with Gasteiger partial charge in [0.15, 0.2) is 0 Å². The topological polar surface area (TPSA) is 98.3 Å². The van der Waals surface area contributed by atoms with E-state index >= 15 is 0 Å². The van der Waals surface area contributed by atoms with Gasteiger partial charge in [0.05, 0.1) is 4.92 Å². The van der Waals surface area contributed by atoms with E-state index < -0.39 is 22.3 Å². The Kier molecular flexibility index (Phi) is 4.19. The SMILES string of the molecule is CCCC(C)Cn1cc([N+](=O)[O-])c(C(=O)O)n1. The van der Waals surface area contributed by atoms with Crippen LogP contribution in [0.5, 0.6) is 0 Å². The van der Waals surface area contributed by atoms with E-state index in [0.717, 1.165) is 12.8 Å². The standard InChI is InChI=1S/C10H15N3O4/c1-3-4-7(2)5-12-6-8(13(16)17)9(11-12)10(14)15/h6-7H,3-5H2,1-2H3,(H,14,15). The number of carboxylic acid groups (broad SMARTS) is 1. The maximum atomic E-state index is 10.8. The number of carboxylic acids is 1. The summed E-state index contributed by atoms with van der Waals surface area (Å²) >= 11 is 0. The average molecular weight is 241 g/mol. The second-order valence-electron chi connectivity index (χ2n) is 4.04. The Morgan fingerprint density at radius 1 is 1.71 bits per heavy atom. The summed E-state index contributed by atoms with van der Waals surface area (Å²) in [5.41, 5.74) is -0.958. The van der Waals surface area contributed by atoms with Gasteiger partial charge in [-0.1, -0.05) is 20.3 Å². The third-order valence-corrected chi connectivity index (χ3v) is 2.42. The van der Waals surface area contributed by atoms with Crippen LogP contribution in [0.1, 0.15) is 37.2 Å². The Labute approximate surface area is 98.2 Å². The Balaban J connectivity index is 2.92. The monoisotopic (exact) mass is 241 g/mol. The molecule has 1 N–H and O–H groups in total. The van der Waals surface area contributed by atoms with Crippen LogP contribution in [-0.2, 0) is 6.54 Å². The van der Waals surface area contributed by atoms with Crippen molar-refractivity contribution in [3.05, 3.63) is 22.0 Å². The molecule has 0 saturated carbocycles. The van der Waals surface area contributed by atoms with E-state index in [-0.39, 0.29) is 0 Å². The maximum Gasteiger partial charge on any atom is 0.363 e. The molecule has 7 nitrogen and oxygen atoms in total. The molecule has 17 heavy (non-hydrogen) atoms. The molecule has 1 unspecified atom stereocenters. The van der Waals surface area contributed by atoms with Crippen LogP contribution >= 0.6 is 0 Å². The predicted octanol–water partition coefficient (Wildman–Crippen LogP) is 1.93. The fraction of sp³-hybridized carbons (Fsp3) is 0.600. The van der Waals surface area contributed by atoms with Gasteiger partial charge in [-0.2, -0.15) is 5.10 Å². The molecule has 1 rings (SSSR count). The number of nitrogens with zero attached hydrogens (tertiary/aromatic N) is 3. The average Bonchev–Trinajstić information content (AvgIpc) is 2.62. The fourth-order valence-corrected chi connectivity index (χ4v) is 1.69. The second-order valence-corrected chi connectivity index (χ2v) is 4.04. The molecule has 0 aliphatic heterocycles. The van der Waals surface area contributed by atoms with Crippen LogP contribution in [0.2, 0.25) is 0 Å². The molecule has 0 amide bonds. The second kappa shape index (κ2) is 5.42. The van der Waals surface area contributed by atoms with Crippen molar-refractivity contribution in [1.29, 1.82) is 0 Å². The molecule has 0 aliphatic rings. The molecule has 0 spiro atoms. The number of carbonyl (C=O) groups is 1. The Hall–Kier alpha value is -1.92. The zero-order valence-electron chi connectivity index (χ0n) is 9.79. The predicted molar refractivity (Wildman–Crippen MR) is 59.9 cm³/mol. The third-order valence-electron chi connectivity index (χ3n) is 2.42. The van der Waals surface area contributed by atoms with Gasteiger partial charge in [0.1, 0.15) is 6.20 Å². The van der Waals surface area contributed by atoms with Gasteiger partial charge in [-0.3, -0.25) is 14.8 Å². The number of hydrogen-bond donors (Lipinski definition) is 1. The van der Waals surface area contributed by atoms with E-state index in [4.69, 9.17) is 5.11 Å². The van der Waals surface area contributed by atoms with Gasteiger partial charge >= 0.3 is 11.7 Å². The van der Waals surface area contributed by atoms with Crippen molar-refractivity contribution >= 4 is 11.7 Å². The van der Waals surface area contributed by atoms with Gasteiger partial charge in [-0.15, -0.1) is 0 Å². The van der Waals surface area contributed by atoms with E-state index in [9.17, 15) is 14.9 Å². The maximum absolute atomic E-state index is 10.8. The van der Waals surface area contributed by atoms with Crippen molar-refractivity contribution in [3.8, 4) is 0 Å². The quantitative estimate of drug-likeness (QED) is 0.606. The largest absolute Gasteiger partial charge is 0.476 e. The van der Waals surface area contributed by atoms with Crippen molar-refractivity contribution in [2.75, 3.05) is 0 Å². The Morgan fingerprint density at radius 2 is 2.35 bits per heavy atom. The third kappa shape index (κ3) is 3.27. The zero-order chi connectivity index (χ0) is 13.0. The summed E-state index contributed by atoms with van der Waals surface area (Å²) in [5, 5.41) is 23.2. The molecular formula is C10H15N3O4. The first-order valence-corrected chi connectivity index (χ1v) is 5.40. The number of nitro groups is 1. The first-order valence-electron chi connectivity index (χ1n) is 5.40. The van der Waals surface area contributed by atoms with Crippen LogP contribution in [0.3, 0.4) is 0 Å². The van der Waals surface area contributed by atoms with Crippen molar-refractivity contribution < 1.29 is 14.8 Å². The van der Waals surface area contributed by atoms with E-state index in [2.05, 4.69) is 5.10 Å². The molecule has 7 heteroatoms. The van der Waals surface area contributed by atoms with E-state index in [1.54, 1.807) is 0 Å². The van der Waals surface area contributed by atoms with Crippen LogP contribution < -0.4 is 0 Å². The van der Waals surface area contributed by atoms with Gasteiger partial charge in [0.25, 0.3) is 0 Å². The minimum Gasteiger partial charge on any atom is -0.476 e.